The zero-order valence-corrected chi connectivity index (χ0v) is 15.6. The lowest BCUT2D eigenvalue weighted by molar-refractivity contribution is 0.171. The van der Waals surface area contributed by atoms with Crippen LogP contribution in [0.1, 0.15) is 49.9 Å². The fraction of sp³-hybridized carbons (Fsp3) is 0.526. The van der Waals surface area contributed by atoms with Crippen molar-refractivity contribution in [1.29, 1.82) is 0 Å². The predicted molar refractivity (Wildman–Crippen MR) is 97.0 cm³/mol. The minimum atomic E-state index is -0.0784. The van der Waals surface area contributed by atoms with Gasteiger partial charge >= 0.3 is 6.03 Å². The second kappa shape index (κ2) is 8.21. The Bertz CT molecular complexity index is 744. The van der Waals surface area contributed by atoms with Crippen LogP contribution in [-0.4, -0.2) is 40.3 Å². The quantitative estimate of drug-likeness (QED) is 0.887. The second-order valence-corrected chi connectivity index (χ2v) is 6.90. The van der Waals surface area contributed by atoms with Crippen molar-refractivity contribution in [3.63, 3.8) is 0 Å². The minimum Gasteiger partial charge on any atom is -0.491 e. The van der Waals surface area contributed by atoms with Gasteiger partial charge in [-0.2, -0.15) is 4.98 Å². The predicted octanol–water partition coefficient (Wildman–Crippen LogP) is 3.25. The molecular weight excluding hydrogens is 332 g/mol. The molecule has 140 valence electrons. The molecule has 1 saturated heterocycles. The number of aryl methyl sites for hydroxylation is 1. The van der Waals surface area contributed by atoms with Gasteiger partial charge in [-0.3, -0.25) is 0 Å². The van der Waals surface area contributed by atoms with Crippen molar-refractivity contribution in [1.82, 2.24) is 20.4 Å². The van der Waals surface area contributed by atoms with Gasteiger partial charge in [0.1, 0.15) is 5.75 Å². The van der Waals surface area contributed by atoms with Crippen LogP contribution in [0.15, 0.2) is 28.8 Å². The van der Waals surface area contributed by atoms with E-state index in [9.17, 15) is 4.79 Å². The highest BCUT2D eigenvalue weighted by atomic mass is 16.5. The van der Waals surface area contributed by atoms with Crippen LogP contribution in [0.3, 0.4) is 0 Å². The van der Waals surface area contributed by atoms with Crippen molar-refractivity contribution >= 4 is 6.03 Å². The number of hydrogen-bond donors (Lipinski definition) is 1. The van der Waals surface area contributed by atoms with Gasteiger partial charge in [-0.1, -0.05) is 23.4 Å². The highest BCUT2D eigenvalue weighted by Crippen LogP contribution is 2.26. The number of likely N-dealkylation sites (tertiary alicyclic amines) is 1. The van der Waals surface area contributed by atoms with Crippen LogP contribution in [0, 0.1) is 6.92 Å². The van der Waals surface area contributed by atoms with Crippen LogP contribution in [0.25, 0.3) is 0 Å². The largest absolute Gasteiger partial charge is 0.491 e. The summed E-state index contributed by atoms with van der Waals surface area (Å²) in [5.41, 5.74) is 0.968. The Morgan fingerprint density at radius 2 is 2.23 bits per heavy atom. The third kappa shape index (κ3) is 4.53. The summed E-state index contributed by atoms with van der Waals surface area (Å²) in [7, 11) is 0. The zero-order chi connectivity index (χ0) is 18.5. The molecular formula is C19H26N4O3. The van der Waals surface area contributed by atoms with Crippen molar-refractivity contribution in [3.05, 3.63) is 41.5 Å². The number of aromatic nitrogens is 2. The molecule has 7 nitrogen and oxygen atoms in total. The summed E-state index contributed by atoms with van der Waals surface area (Å²) in [6.45, 7) is 7.54. The Morgan fingerprint density at radius 1 is 1.42 bits per heavy atom. The zero-order valence-electron chi connectivity index (χ0n) is 15.6. The summed E-state index contributed by atoms with van der Waals surface area (Å²) >= 11 is 0. The standard InChI is InChI=1S/C19H26N4O3/c1-13(2)25-17-9-5-4-7-15(17)11-20-19(24)23-10-6-8-16(12-23)18-21-14(3)22-26-18/h4-5,7,9,13,16H,6,8,10-12H2,1-3H3,(H,20,24)/t16-/m1/s1. The van der Waals surface area contributed by atoms with Crippen LogP contribution in [0.5, 0.6) is 5.75 Å². The number of nitrogens with zero attached hydrogens (tertiary/aromatic N) is 3. The number of benzene rings is 1. The van der Waals surface area contributed by atoms with Gasteiger partial charge < -0.3 is 19.5 Å². The summed E-state index contributed by atoms with van der Waals surface area (Å²) < 4.78 is 11.1. The first-order valence-electron chi connectivity index (χ1n) is 9.10. The van der Waals surface area contributed by atoms with Gasteiger partial charge in [0.15, 0.2) is 5.82 Å². The normalized spacial score (nSPS) is 17.4. The van der Waals surface area contributed by atoms with Crippen molar-refractivity contribution in [2.45, 2.75) is 52.2 Å². The van der Waals surface area contributed by atoms with Crippen LogP contribution in [-0.2, 0) is 6.54 Å². The van der Waals surface area contributed by atoms with Crippen LogP contribution >= 0.6 is 0 Å². The molecule has 0 aliphatic carbocycles. The Hall–Kier alpha value is -2.57. The molecule has 0 spiro atoms. The van der Waals surface area contributed by atoms with E-state index in [1.165, 1.54) is 0 Å². The van der Waals surface area contributed by atoms with Crippen molar-refractivity contribution < 1.29 is 14.1 Å². The number of nitrogens with one attached hydrogen (secondary N) is 1. The van der Waals surface area contributed by atoms with Gasteiger partial charge in [-0.15, -0.1) is 0 Å². The number of carbonyl (C=O) groups excluding carboxylic acids is 1. The average molecular weight is 358 g/mol. The molecule has 1 aliphatic heterocycles. The summed E-state index contributed by atoms with van der Waals surface area (Å²) in [5.74, 6) is 2.16. The Kier molecular flexibility index (Phi) is 5.75. The fourth-order valence-corrected chi connectivity index (χ4v) is 3.14. The van der Waals surface area contributed by atoms with Crippen molar-refractivity contribution in [2.75, 3.05) is 13.1 Å². The first-order valence-corrected chi connectivity index (χ1v) is 9.10. The molecule has 0 radical (unpaired) electrons. The lowest BCUT2D eigenvalue weighted by atomic mass is 9.98. The van der Waals surface area contributed by atoms with E-state index in [-0.39, 0.29) is 18.1 Å². The lowest BCUT2D eigenvalue weighted by Crippen LogP contribution is -2.44. The molecule has 1 atom stereocenters. The van der Waals surface area contributed by atoms with Crippen LogP contribution in [0.2, 0.25) is 0 Å². The number of carbonyl (C=O) groups is 1. The number of rotatable bonds is 5. The first kappa shape index (κ1) is 18.2. The molecule has 0 bridgehead atoms. The van der Waals surface area contributed by atoms with Crippen LogP contribution in [0.4, 0.5) is 4.79 Å². The number of ether oxygens (including phenoxy) is 1. The molecule has 1 fully saturated rings. The smallest absolute Gasteiger partial charge is 0.317 e. The average Bonchev–Trinajstić information content (AvgIpc) is 3.07. The van der Waals surface area contributed by atoms with Gasteiger partial charge in [0.05, 0.1) is 12.0 Å². The molecule has 2 aromatic rings. The topological polar surface area (TPSA) is 80.5 Å². The van der Waals surface area contributed by atoms with Gasteiger partial charge in [0, 0.05) is 25.2 Å². The molecule has 1 N–H and O–H groups in total. The molecule has 2 amide bonds. The molecule has 7 heteroatoms. The van der Waals surface area contributed by atoms with E-state index in [0.717, 1.165) is 30.7 Å². The van der Waals surface area contributed by atoms with Crippen LogP contribution < -0.4 is 10.1 Å². The number of piperidine rings is 1. The van der Waals surface area contributed by atoms with E-state index in [1.807, 2.05) is 43.0 Å². The van der Waals surface area contributed by atoms with Gasteiger partial charge in [0.2, 0.25) is 5.89 Å². The molecule has 3 rings (SSSR count). The van der Waals surface area contributed by atoms with Crippen molar-refractivity contribution in [3.8, 4) is 5.75 Å². The number of amides is 2. The third-order valence-corrected chi connectivity index (χ3v) is 4.37. The molecule has 1 aliphatic rings. The minimum absolute atomic E-state index is 0.0784. The van der Waals surface area contributed by atoms with E-state index in [0.29, 0.717) is 24.8 Å². The van der Waals surface area contributed by atoms with E-state index in [1.54, 1.807) is 6.92 Å². The molecule has 0 unspecified atom stereocenters. The summed E-state index contributed by atoms with van der Waals surface area (Å²) in [6.07, 6.45) is 1.97. The summed E-state index contributed by atoms with van der Waals surface area (Å²) in [5, 5.41) is 6.85. The third-order valence-electron chi connectivity index (χ3n) is 4.37. The molecule has 0 saturated carbocycles. The molecule has 26 heavy (non-hydrogen) atoms. The highest BCUT2D eigenvalue weighted by molar-refractivity contribution is 5.74. The highest BCUT2D eigenvalue weighted by Gasteiger charge is 2.28. The lowest BCUT2D eigenvalue weighted by Gasteiger charge is -2.31. The maximum absolute atomic E-state index is 12.6. The molecule has 1 aromatic carbocycles. The van der Waals surface area contributed by atoms with E-state index in [4.69, 9.17) is 9.26 Å². The number of hydrogen-bond acceptors (Lipinski definition) is 5. The summed E-state index contributed by atoms with van der Waals surface area (Å²) in [4.78, 5) is 18.7. The van der Waals surface area contributed by atoms with Gasteiger partial charge in [-0.25, -0.2) is 4.79 Å². The fourth-order valence-electron chi connectivity index (χ4n) is 3.14. The monoisotopic (exact) mass is 358 g/mol. The van der Waals surface area contributed by atoms with Crippen molar-refractivity contribution in [2.24, 2.45) is 0 Å². The Balaban J connectivity index is 1.58. The van der Waals surface area contributed by atoms with Gasteiger partial charge in [0.25, 0.3) is 0 Å². The van der Waals surface area contributed by atoms with Gasteiger partial charge in [-0.05, 0) is 39.7 Å². The van der Waals surface area contributed by atoms with E-state index < -0.39 is 0 Å². The van der Waals surface area contributed by atoms with E-state index >= 15 is 0 Å². The number of urea groups is 1. The SMILES string of the molecule is Cc1noc([C@@H]2CCCN(C(=O)NCc3ccccc3OC(C)C)C2)n1. The summed E-state index contributed by atoms with van der Waals surface area (Å²) in [6, 6.07) is 7.70. The number of para-hydroxylation sites is 1. The second-order valence-electron chi connectivity index (χ2n) is 6.90. The first-order chi connectivity index (χ1) is 12.5. The molecule has 2 heterocycles. The Morgan fingerprint density at radius 3 is 2.96 bits per heavy atom. The maximum Gasteiger partial charge on any atom is 0.317 e. The maximum atomic E-state index is 12.6. The van der Waals surface area contributed by atoms with E-state index in [2.05, 4.69) is 15.5 Å². The molecule has 1 aromatic heterocycles. The Labute approximate surface area is 153 Å².